The van der Waals surface area contributed by atoms with E-state index in [1.807, 2.05) is 7.05 Å². The molecular weight excluding hydrogens is 150 g/mol. The van der Waals surface area contributed by atoms with Crippen molar-refractivity contribution in [3.63, 3.8) is 0 Å². The van der Waals surface area contributed by atoms with E-state index < -0.39 is 0 Å². The highest BCUT2D eigenvalue weighted by Crippen LogP contribution is 2.22. The smallest absolute Gasteiger partial charge is 0.00980 e. The first-order valence-corrected chi connectivity index (χ1v) is 5.07. The molecule has 3 heteroatoms. The van der Waals surface area contributed by atoms with Gasteiger partial charge in [0.15, 0.2) is 0 Å². The molecule has 0 spiro atoms. The molecule has 0 aliphatic carbocycles. The maximum atomic E-state index is 4.10. The van der Waals surface area contributed by atoms with Gasteiger partial charge < -0.3 is 5.32 Å². The Morgan fingerprint density at radius 3 is 2.44 bits per heavy atom. The van der Waals surface area contributed by atoms with E-state index in [0.717, 1.165) is 12.3 Å². The Labute approximate surface area is 66.8 Å². The Hall–Kier alpha value is 0.660. The summed E-state index contributed by atoms with van der Waals surface area (Å²) in [5.41, 5.74) is 0.376. The van der Waals surface area contributed by atoms with Crippen LogP contribution >= 0.6 is 22.5 Å². The SMILES string of the molecule is CNCC(C)(C)CSS. The van der Waals surface area contributed by atoms with E-state index >= 15 is 0 Å². The van der Waals surface area contributed by atoms with Crippen LogP contribution in [-0.4, -0.2) is 19.3 Å². The molecule has 9 heavy (non-hydrogen) atoms. The zero-order chi connectivity index (χ0) is 7.33. The summed E-state index contributed by atoms with van der Waals surface area (Å²) in [7, 11) is 3.58. The maximum Gasteiger partial charge on any atom is 0.00980 e. The van der Waals surface area contributed by atoms with Gasteiger partial charge >= 0.3 is 0 Å². The molecular formula is C6H15NS2. The molecule has 1 N–H and O–H groups in total. The predicted molar refractivity (Wildman–Crippen MR) is 49.2 cm³/mol. The molecule has 0 aromatic rings. The highest BCUT2D eigenvalue weighted by atomic mass is 33.1. The second-order valence-electron chi connectivity index (χ2n) is 2.97. The van der Waals surface area contributed by atoms with Gasteiger partial charge in [-0.3, -0.25) is 0 Å². The van der Waals surface area contributed by atoms with E-state index in [2.05, 4.69) is 30.8 Å². The topological polar surface area (TPSA) is 12.0 Å². The average Bonchev–Trinajstić information content (AvgIpc) is 1.64. The van der Waals surface area contributed by atoms with Crippen LogP contribution in [0.3, 0.4) is 0 Å². The lowest BCUT2D eigenvalue weighted by Gasteiger charge is -2.21. The van der Waals surface area contributed by atoms with Crippen LogP contribution in [-0.2, 0) is 0 Å². The molecule has 0 saturated heterocycles. The Kier molecular flexibility index (Phi) is 4.80. The molecule has 56 valence electrons. The third-order valence-corrected chi connectivity index (χ3v) is 2.41. The zero-order valence-electron chi connectivity index (χ0n) is 6.27. The van der Waals surface area contributed by atoms with Crippen molar-refractivity contribution in [2.24, 2.45) is 5.41 Å². The minimum atomic E-state index is 0.376. The van der Waals surface area contributed by atoms with Crippen molar-refractivity contribution >= 4 is 22.5 Å². The van der Waals surface area contributed by atoms with E-state index in [-0.39, 0.29) is 0 Å². The van der Waals surface area contributed by atoms with Crippen molar-refractivity contribution in [2.75, 3.05) is 19.3 Å². The van der Waals surface area contributed by atoms with Crippen LogP contribution in [0.1, 0.15) is 13.8 Å². The third-order valence-electron chi connectivity index (χ3n) is 1.11. The van der Waals surface area contributed by atoms with Crippen molar-refractivity contribution in [1.82, 2.24) is 5.32 Å². The van der Waals surface area contributed by atoms with Crippen LogP contribution < -0.4 is 5.32 Å². The maximum absolute atomic E-state index is 4.10. The molecule has 0 unspecified atom stereocenters. The first kappa shape index (κ1) is 9.66. The van der Waals surface area contributed by atoms with Crippen LogP contribution in [0.4, 0.5) is 0 Å². The van der Waals surface area contributed by atoms with Gasteiger partial charge in [0.05, 0.1) is 0 Å². The molecule has 0 aliphatic rings. The summed E-state index contributed by atoms with van der Waals surface area (Å²) in [4.78, 5) is 0. The van der Waals surface area contributed by atoms with E-state index in [1.165, 1.54) is 0 Å². The number of rotatable bonds is 4. The summed E-state index contributed by atoms with van der Waals surface area (Å²) in [5.74, 6) is 1.09. The second kappa shape index (κ2) is 4.47. The summed E-state index contributed by atoms with van der Waals surface area (Å²) in [6.45, 7) is 5.51. The number of hydrogen-bond acceptors (Lipinski definition) is 3. The first-order chi connectivity index (χ1) is 4.12. The molecule has 0 radical (unpaired) electrons. The highest BCUT2D eigenvalue weighted by Gasteiger charge is 2.15. The fourth-order valence-electron chi connectivity index (χ4n) is 0.704. The fourth-order valence-corrected chi connectivity index (χ4v) is 2.20. The van der Waals surface area contributed by atoms with Crippen LogP contribution in [0, 0.1) is 5.41 Å². The zero-order valence-corrected chi connectivity index (χ0v) is 7.98. The van der Waals surface area contributed by atoms with Gasteiger partial charge in [-0.25, -0.2) is 0 Å². The fraction of sp³-hybridized carbons (Fsp3) is 1.00. The van der Waals surface area contributed by atoms with E-state index in [4.69, 9.17) is 0 Å². The minimum Gasteiger partial charge on any atom is -0.319 e. The van der Waals surface area contributed by atoms with Gasteiger partial charge in [-0.15, -0.1) is 11.7 Å². The summed E-state index contributed by atoms with van der Waals surface area (Å²) in [6, 6.07) is 0. The molecule has 0 amide bonds. The Morgan fingerprint density at radius 2 is 2.11 bits per heavy atom. The van der Waals surface area contributed by atoms with E-state index in [9.17, 15) is 0 Å². The summed E-state index contributed by atoms with van der Waals surface area (Å²) in [6.07, 6.45) is 0. The number of thiol groups is 1. The van der Waals surface area contributed by atoms with E-state index in [1.54, 1.807) is 10.8 Å². The van der Waals surface area contributed by atoms with Crippen LogP contribution in [0.25, 0.3) is 0 Å². The molecule has 0 fully saturated rings. The summed E-state index contributed by atoms with van der Waals surface area (Å²) < 4.78 is 0. The van der Waals surface area contributed by atoms with E-state index in [0.29, 0.717) is 5.41 Å². The molecule has 0 bridgehead atoms. The molecule has 1 nitrogen and oxygen atoms in total. The van der Waals surface area contributed by atoms with Crippen LogP contribution in [0.15, 0.2) is 0 Å². The standard InChI is InChI=1S/C6H15NS2/c1-6(2,4-7-3)5-9-8/h7-8H,4-5H2,1-3H3. The average molecular weight is 165 g/mol. The van der Waals surface area contributed by atoms with Crippen molar-refractivity contribution in [1.29, 1.82) is 0 Å². The first-order valence-electron chi connectivity index (χ1n) is 3.03. The lowest BCUT2D eigenvalue weighted by molar-refractivity contribution is 0.405. The molecule has 0 aliphatic heterocycles. The Morgan fingerprint density at radius 1 is 1.56 bits per heavy atom. The molecule has 0 heterocycles. The molecule has 0 rings (SSSR count). The molecule has 0 aromatic heterocycles. The summed E-state index contributed by atoms with van der Waals surface area (Å²) >= 11 is 4.10. The van der Waals surface area contributed by atoms with Crippen molar-refractivity contribution in [3.8, 4) is 0 Å². The molecule has 0 atom stereocenters. The lowest BCUT2D eigenvalue weighted by atomic mass is 9.97. The quantitative estimate of drug-likeness (QED) is 0.487. The monoisotopic (exact) mass is 165 g/mol. The number of hydrogen-bond donors (Lipinski definition) is 2. The molecule has 0 aromatic carbocycles. The van der Waals surface area contributed by atoms with Crippen molar-refractivity contribution < 1.29 is 0 Å². The highest BCUT2D eigenvalue weighted by molar-refractivity contribution is 8.68. The summed E-state index contributed by atoms with van der Waals surface area (Å²) in [5, 5.41) is 3.15. The van der Waals surface area contributed by atoms with Gasteiger partial charge in [0.1, 0.15) is 0 Å². The largest absolute Gasteiger partial charge is 0.319 e. The predicted octanol–water partition coefficient (Wildman–Crippen LogP) is 1.81. The van der Waals surface area contributed by atoms with Crippen LogP contribution in [0.5, 0.6) is 0 Å². The normalized spacial score (nSPS) is 12.0. The van der Waals surface area contributed by atoms with Gasteiger partial charge in [-0.2, -0.15) is 0 Å². The molecule has 0 saturated carbocycles. The Balaban J connectivity index is 3.43. The van der Waals surface area contributed by atoms with Gasteiger partial charge in [0, 0.05) is 12.3 Å². The van der Waals surface area contributed by atoms with Gasteiger partial charge in [-0.05, 0) is 12.5 Å². The van der Waals surface area contributed by atoms with Crippen molar-refractivity contribution in [2.45, 2.75) is 13.8 Å². The van der Waals surface area contributed by atoms with Gasteiger partial charge in [0.2, 0.25) is 0 Å². The second-order valence-corrected chi connectivity index (χ2v) is 4.29. The van der Waals surface area contributed by atoms with Gasteiger partial charge in [0.25, 0.3) is 0 Å². The van der Waals surface area contributed by atoms with Crippen molar-refractivity contribution in [3.05, 3.63) is 0 Å². The number of nitrogens with one attached hydrogen (secondary N) is 1. The van der Waals surface area contributed by atoms with Crippen LogP contribution in [0.2, 0.25) is 0 Å². The lowest BCUT2D eigenvalue weighted by Crippen LogP contribution is -2.28. The Bertz CT molecular complexity index is 65.5. The minimum absolute atomic E-state index is 0.376. The van der Waals surface area contributed by atoms with Gasteiger partial charge in [-0.1, -0.05) is 24.6 Å². The third kappa shape index (κ3) is 5.12.